The molecule has 0 saturated heterocycles. The number of para-hydroxylation sites is 1. The van der Waals surface area contributed by atoms with Gasteiger partial charge in [0.2, 0.25) is 0 Å². The number of halogens is 1. The lowest BCUT2D eigenvalue weighted by atomic mass is 10.1. The third-order valence-electron chi connectivity index (χ3n) is 4.94. The van der Waals surface area contributed by atoms with Crippen molar-refractivity contribution in [2.45, 2.75) is 13.5 Å². The van der Waals surface area contributed by atoms with Gasteiger partial charge in [-0.25, -0.2) is 10.2 Å². The van der Waals surface area contributed by atoms with E-state index in [-0.39, 0.29) is 0 Å². The van der Waals surface area contributed by atoms with Crippen LogP contribution >= 0.6 is 15.9 Å². The minimum absolute atomic E-state index is 0.413. The Hall–Kier alpha value is -3.64. The summed E-state index contributed by atoms with van der Waals surface area (Å²) in [6.07, 6.45) is 1.57. The van der Waals surface area contributed by atoms with Crippen LogP contribution in [0.4, 0.5) is 10.5 Å². The lowest BCUT2D eigenvalue weighted by Gasteiger charge is -2.11. The van der Waals surface area contributed by atoms with E-state index in [1.165, 1.54) is 10.8 Å². The minimum atomic E-state index is -0.413. The van der Waals surface area contributed by atoms with Crippen molar-refractivity contribution in [2.24, 2.45) is 5.10 Å². The number of nitrogens with one attached hydrogen (secondary N) is 2. The van der Waals surface area contributed by atoms with Gasteiger partial charge in [0.25, 0.3) is 0 Å². The number of carbonyl (C=O) groups is 1. The summed E-state index contributed by atoms with van der Waals surface area (Å²) in [6, 6.07) is 27.3. The summed E-state index contributed by atoms with van der Waals surface area (Å²) in [5.41, 5.74) is 6.03. The van der Waals surface area contributed by atoms with Gasteiger partial charge in [-0.15, -0.1) is 0 Å². The van der Waals surface area contributed by atoms with Crippen LogP contribution in [0.5, 0.6) is 5.75 Å². The highest BCUT2D eigenvalue weighted by molar-refractivity contribution is 9.10. The fourth-order valence-electron chi connectivity index (χ4n) is 3.27. The molecule has 0 atom stereocenters. The number of aryl methyl sites for hydroxylation is 1. The van der Waals surface area contributed by atoms with E-state index in [1.54, 1.807) is 6.21 Å². The van der Waals surface area contributed by atoms with E-state index in [0.29, 0.717) is 12.4 Å². The molecule has 0 aliphatic heterocycles. The molecule has 2 N–H and O–H groups in total. The predicted octanol–water partition coefficient (Wildman–Crippen LogP) is 6.65. The monoisotopic (exact) mass is 487 g/mol. The molecular weight excluding hydrogens is 466 g/mol. The van der Waals surface area contributed by atoms with Crippen LogP contribution in [0, 0.1) is 6.92 Å². The van der Waals surface area contributed by atoms with Gasteiger partial charge in [-0.3, -0.25) is 0 Å². The molecule has 4 aromatic carbocycles. The largest absolute Gasteiger partial charge is 0.488 e. The Balaban J connectivity index is 1.42. The van der Waals surface area contributed by atoms with Crippen molar-refractivity contribution in [3.8, 4) is 5.75 Å². The number of urea groups is 1. The van der Waals surface area contributed by atoms with Crippen LogP contribution in [-0.2, 0) is 6.61 Å². The van der Waals surface area contributed by atoms with E-state index in [9.17, 15) is 4.79 Å². The lowest BCUT2D eigenvalue weighted by molar-refractivity contribution is 0.252. The fourth-order valence-corrected chi connectivity index (χ4v) is 3.64. The number of carbonyl (C=O) groups excluding carboxylic acids is 1. The van der Waals surface area contributed by atoms with Gasteiger partial charge >= 0.3 is 6.03 Å². The van der Waals surface area contributed by atoms with Crippen LogP contribution in [0.15, 0.2) is 94.5 Å². The highest BCUT2D eigenvalue weighted by atomic mass is 79.9. The molecular formula is C26H22BrN3O2. The number of hydrogen-bond donors (Lipinski definition) is 2. The molecule has 0 saturated carbocycles. The molecule has 0 spiro atoms. The second kappa shape index (κ2) is 10.1. The molecule has 0 bridgehead atoms. The highest BCUT2D eigenvalue weighted by Crippen LogP contribution is 2.24. The number of benzene rings is 4. The molecule has 5 nitrogen and oxygen atoms in total. The molecule has 4 aromatic rings. The van der Waals surface area contributed by atoms with Crippen LogP contribution in [0.2, 0.25) is 0 Å². The summed E-state index contributed by atoms with van der Waals surface area (Å²) in [5.74, 6) is 0.672. The first-order chi connectivity index (χ1) is 15.6. The Kier molecular flexibility index (Phi) is 6.82. The molecule has 32 heavy (non-hydrogen) atoms. The number of ether oxygens (including phenoxy) is 1. The smallest absolute Gasteiger partial charge is 0.339 e. The number of nitrogens with zero attached hydrogens (tertiary/aromatic N) is 1. The summed E-state index contributed by atoms with van der Waals surface area (Å²) in [6.45, 7) is 2.36. The number of anilines is 1. The Morgan fingerprint density at radius 3 is 2.59 bits per heavy atom. The molecule has 0 aliphatic carbocycles. The summed E-state index contributed by atoms with van der Waals surface area (Å²) >= 11 is 3.48. The van der Waals surface area contributed by atoms with Crippen molar-refractivity contribution in [1.82, 2.24) is 5.43 Å². The van der Waals surface area contributed by atoms with E-state index in [4.69, 9.17) is 4.74 Å². The standard InChI is InChI=1S/C26H22BrN3O2/c1-18-6-2-5-9-24(18)29-26(31)30-28-16-22-15-23(27)12-13-25(22)32-17-19-10-11-20-7-3-4-8-21(20)14-19/h2-16H,17H2,1H3,(H2,29,30,31). The average molecular weight is 488 g/mol. The van der Waals surface area contributed by atoms with E-state index >= 15 is 0 Å². The zero-order valence-corrected chi connectivity index (χ0v) is 19.1. The summed E-state index contributed by atoms with van der Waals surface area (Å²) in [5, 5.41) is 9.23. The van der Waals surface area contributed by atoms with Crippen molar-refractivity contribution < 1.29 is 9.53 Å². The van der Waals surface area contributed by atoms with Crippen LogP contribution in [0.3, 0.4) is 0 Å². The molecule has 0 heterocycles. The molecule has 0 aromatic heterocycles. The quantitative estimate of drug-likeness (QED) is 0.236. The Morgan fingerprint density at radius 2 is 1.75 bits per heavy atom. The number of rotatable bonds is 6. The maximum absolute atomic E-state index is 12.1. The molecule has 0 fully saturated rings. The van der Waals surface area contributed by atoms with Crippen LogP contribution < -0.4 is 15.5 Å². The zero-order valence-electron chi connectivity index (χ0n) is 17.5. The van der Waals surface area contributed by atoms with Gasteiger partial charge in [0.15, 0.2) is 0 Å². The molecule has 0 radical (unpaired) electrons. The topological polar surface area (TPSA) is 62.7 Å². The van der Waals surface area contributed by atoms with Gasteiger partial charge in [-0.1, -0.05) is 70.5 Å². The number of hydrogen-bond acceptors (Lipinski definition) is 3. The Bertz CT molecular complexity index is 1290. The van der Waals surface area contributed by atoms with E-state index < -0.39 is 6.03 Å². The second-order valence-corrected chi connectivity index (χ2v) is 8.21. The van der Waals surface area contributed by atoms with Gasteiger partial charge < -0.3 is 10.1 Å². The SMILES string of the molecule is Cc1ccccc1NC(=O)NN=Cc1cc(Br)ccc1OCc1ccc2ccccc2c1. The second-order valence-electron chi connectivity index (χ2n) is 7.29. The van der Waals surface area contributed by atoms with Gasteiger partial charge in [0.05, 0.1) is 6.21 Å². The minimum Gasteiger partial charge on any atom is -0.488 e. The van der Waals surface area contributed by atoms with Gasteiger partial charge in [0.1, 0.15) is 12.4 Å². The van der Waals surface area contributed by atoms with Crippen molar-refractivity contribution in [2.75, 3.05) is 5.32 Å². The third kappa shape index (κ3) is 5.53. The molecule has 6 heteroatoms. The van der Waals surface area contributed by atoms with Crippen molar-refractivity contribution in [1.29, 1.82) is 0 Å². The first-order valence-corrected chi connectivity index (χ1v) is 10.9. The van der Waals surface area contributed by atoms with Crippen LogP contribution in [0.1, 0.15) is 16.7 Å². The summed E-state index contributed by atoms with van der Waals surface area (Å²) in [4.78, 5) is 12.1. The molecule has 160 valence electrons. The fraction of sp³-hybridized carbons (Fsp3) is 0.0769. The normalized spacial score (nSPS) is 10.9. The van der Waals surface area contributed by atoms with Crippen molar-refractivity contribution >= 4 is 44.6 Å². The van der Waals surface area contributed by atoms with Crippen molar-refractivity contribution in [3.05, 3.63) is 106 Å². The first kappa shape index (κ1) is 21.6. The Morgan fingerprint density at radius 1 is 0.969 bits per heavy atom. The molecule has 4 rings (SSSR count). The highest BCUT2D eigenvalue weighted by Gasteiger charge is 2.06. The average Bonchev–Trinajstić information content (AvgIpc) is 2.80. The third-order valence-corrected chi connectivity index (χ3v) is 5.44. The predicted molar refractivity (Wildman–Crippen MR) is 133 cm³/mol. The van der Waals surface area contributed by atoms with Crippen LogP contribution in [0.25, 0.3) is 10.8 Å². The van der Waals surface area contributed by atoms with Crippen molar-refractivity contribution in [3.63, 3.8) is 0 Å². The zero-order chi connectivity index (χ0) is 22.3. The number of amides is 2. The number of fused-ring (bicyclic) bond motifs is 1. The van der Waals surface area contributed by atoms with E-state index in [1.807, 2.05) is 61.5 Å². The lowest BCUT2D eigenvalue weighted by Crippen LogP contribution is -2.24. The Labute approximate surface area is 195 Å². The van der Waals surface area contributed by atoms with E-state index in [0.717, 1.165) is 26.9 Å². The first-order valence-electron chi connectivity index (χ1n) is 10.1. The van der Waals surface area contributed by atoms with Crippen LogP contribution in [-0.4, -0.2) is 12.2 Å². The van der Waals surface area contributed by atoms with Gasteiger partial charge in [-0.05, 0) is 59.2 Å². The van der Waals surface area contributed by atoms with Gasteiger partial charge in [0, 0.05) is 15.7 Å². The summed E-state index contributed by atoms with van der Waals surface area (Å²) < 4.78 is 6.95. The van der Waals surface area contributed by atoms with E-state index in [2.05, 4.69) is 62.1 Å². The van der Waals surface area contributed by atoms with Gasteiger partial charge in [-0.2, -0.15) is 5.10 Å². The molecule has 2 amide bonds. The summed E-state index contributed by atoms with van der Waals surface area (Å²) in [7, 11) is 0. The molecule has 0 unspecified atom stereocenters. The number of hydrazone groups is 1. The maximum Gasteiger partial charge on any atom is 0.339 e. The molecule has 0 aliphatic rings. The maximum atomic E-state index is 12.1.